The van der Waals surface area contributed by atoms with E-state index in [2.05, 4.69) is 0 Å². The van der Waals surface area contributed by atoms with Crippen LogP contribution in [0.25, 0.3) is 0 Å². The van der Waals surface area contributed by atoms with Crippen molar-refractivity contribution in [3.63, 3.8) is 0 Å². The second kappa shape index (κ2) is 10.1. The van der Waals surface area contributed by atoms with Crippen LogP contribution in [0.3, 0.4) is 0 Å². The van der Waals surface area contributed by atoms with Crippen molar-refractivity contribution < 1.29 is 31.9 Å². The standard InChI is InChI=1S/C22H26FN3O6S/c1-31-19-8-7-16(13-20(19)32-2)33(29,30)26(18-6-4-3-5-17(18)23)14-21(27)25-11-9-15(10-12-25)22(24)28/h3-8,13,15H,9-12,14H2,1-2H3,(H2,24,28). The van der Waals surface area contributed by atoms with E-state index in [1.807, 2.05) is 0 Å². The van der Waals surface area contributed by atoms with Gasteiger partial charge in [0.1, 0.15) is 12.4 Å². The lowest BCUT2D eigenvalue weighted by Crippen LogP contribution is -2.47. The summed E-state index contributed by atoms with van der Waals surface area (Å²) in [5.41, 5.74) is 5.08. The molecule has 3 rings (SSSR count). The minimum absolute atomic E-state index is 0.173. The summed E-state index contributed by atoms with van der Waals surface area (Å²) < 4.78 is 52.8. The van der Waals surface area contributed by atoms with Crippen LogP contribution in [-0.2, 0) is 19.6 Å². The molecule has 11 heteroatoms. The first-order valence-corrected chi connectivity index (χ1v) is 11.7. The van der Waals surface area contributed by atoms with E-state index in [0.29, 0.717) is 18.6 Å². The molecule has 1 heterocycles. The molecule has 1 saturated heterocycles. The molecule has 178 valence electrons. The molecule has 2 amide bonds. The summed E-state index contributed by atoms with van der Waals surface area (Å²) in [6, 6.07) is 9.30. The molecule has 2 aromatic rings. The highest BCUT2D eigenvalue weighted by Gasteiger charge is 2.33. The fourth-order valence-electron chi connectivity index (χ4n) is 3.69. The summed E-state index contributed by atoms with van der Waals surface area (Å²) in [7, 11) is -1.58. The highest BCUT2D eigenvalue weighted by molar-refractivity contribution is 7.92. The Morgan fingerprint density at radius 2 is 1.73 bits per heavy atom. The Labute approximate surface area is 191 Å². The Morgan fingerprint density at radius 1 is 1.09 bits per heavy atom. The van der Waals surface area contributed by atoms with Crippen LogP contribution in [0.2, 0.25) is 0 Å². The first-order chi connectivity index (χ1) is 15.7. The van der Waals surface area contributed by atoms with E-state index in [4.69, 9.17) is 15.2 Å². The van der Waals surface area contributed by atoms with E-state index in [1.165, 1.54) is 55.5 Å². The Morgan fingerprint density at radius 3 is 2.30 bits per heavy atom. The fourth-order valence-corrected chi connectivity index (χ4v) is 5.13. The molecule has 0 aliphatic carbocycles. The van der Waals surface area contributed by atoms with Crippen molar-refractivity contribution in [1.29, 1.82) is 0 Å². The van der Waals surface area contributed by atoms with Gasteiger partial charge in [0, 0.05) is 25.1 Å². The van der Waals surface area contributed by atoms with Gasteiger partial charge in [0.05, 0.1) is 24.8 Å². The Kier molecular flexibility index (Phi) is 7.42. The van der Waals surface area contributed by atoms with Crippen molar-refractivity contribution in [2.45, 2.75) is 17.7 Å². The van der Waals surface area contributed by atoms with Crippen molar-refractivity contribution in [1.82, 2.24) is 4.90 Å². The van der Waals surface area contributed by atoms with Crippen LogP contribution < -0.4 is 19.5 Å². The third-order valence-corrected chi connectivity index (χ3v) is 7.35. The van der Waals surface area contributed by atoms with Crippen LogP contribution in [0.4, 0.5) is 10.1 Å². The van der Waals surface area contributed by atoms with Crippen LogP contribution in [0.1, 0.15) is 12.8 Å². The average Bonchev–Trinajstić information content (AvgIpc) is 2.82. The molecular formula is C22H26FN3O6S. The molecule has 0 atom stereocenters. The molecule has 0 radical (unpaired) electrons. The minimum Gasteiger partial charge on any atom is -0.493 e. The molecule has 0 aromatic heterocycles. The minimum atomic E-state index is -4.36. The monoisotopic (exact) mass is 479 g/mol. The van der Waals surface area contributed by atoms with Crippen molar-refractivity contribution in [2.24, 2.45) is 11.7 Å². The van der Waals surface area contributed by atoms with E-state index in [0.717, 1.165) is 10.4 Å². The normalized spacial score (nSPS) is 14.6. The van der Waals surface area contributed by atoms with Gasteiger partial charge >= 0.3 is 0 Å². The van der Waals surface area contributed by atoms with Gasteiger partial charge in [0.25, 0.3) is 10.0 Å². The third kappa shape index (κ3) is 5.19. The molecule has 2 aromatic carbocycles. The molecule has 0 bridgehead atoms. The van der Waals surface area contributed by atoms with Gasteiger partial charge in [-0.1, -0.05) is 12.1 Å². The van der Waals surface area contributed by atoms with E-state index >= 15 is 0 Å². The summed E-state index contributed by atoms with van der Waals surface area (Å²) in [5, 5.41) is 0. The number of nitrogens with two attached hydrogens (primary N) is 1. The highest BCUT2D eigenvalue weighted by Crippen LogP contribution is 2.33. The third-order valence-electron chi connectivity index (χ3n) is 5.59. The Hall–Kier alpha value is -3.34. The maximum absolute atomic E-state index is 14.7. The van der Waals surface area contributed by atoms with Crippen LogP contribution in [-0.4, -0.2) is 59.0 Å². The van der Waals surface area contributed by atoms with Crippen LogP contribution in [0.15, 0.2) is 47.4 Å². The van der Waals surface area contributed by atoms with Gasteiger partial charge in [-0.25, -0.2) is 12.8 Å². The van der Waals surface area contributed by atoms with E-state index in [1.54, 1.807) is 0 Å². The van der Waals surface area contributed by atoms with Crippen molar-refractivity contribution in [3.05, 3.63) is 48.3 Å². The maximum Gasteiger partial charge on any atom is 0.265 e. The van der Waals surface area contributed by atoms with Gasteiger partial charge in [0.2, 0.25) is 11.8 Å². The number of piperidine rings is 1. The molecule has 0 spiro atoms. The number of amides is 2. The summed E-state index contributed by atoms with van der Waals surface area (Å²) in [4.78, 5) is 25.7. The maximum atomic E-state index is 14.7. The first-order valence-electron chi connectivity index (χ1n) is 10.3. The van der Waals surface area contributed by atoms with Gasteiger partial charge in [-0.05, 0) is 37.1 Å². The number of anilines is 1. The number of benzene rings is 2. The van der Waals surface area contributed by atoms with E-state index in [9.17, 15) is 22.4 Å². The zero-order valence-electron chi connectivity index (χ0n) is 18.4. The number of para-hydroxylation sites is 1. The van der Waals surface area contributed by atoms with Crippen molar-refractivity contribution >= 4 is 27.5 Å². The molecule has 0 saturated carbocycles. The van der Waals surface area contributed by atoms with Gasteiger partial charge in [-0.3, -0.25) is 13.9 Å². The molecule has 1 fully saturated rings. The number of ether oxygens (including phenoxy) is 2. The number of sulfonamides is 1. The molecule has 1 aliphatic heterocycles. The number of halogens is 1. The molecule has 9 nitrogen and oxygen atoms in total. The summed E-state index contributed by atoms with van der Waals surface area (Å²) >= 11 is 0. The Balaban J connectivity index is 1.95. The number of nitrogens with zero attached hydrogens (tertiary/aromatic N) is 2. The van der Waals surface area contributed by atoms with Crippen LogP contribution >= 0.6 is 0 Å². The number of hydrogen-bond acceptors (Lipinski definition) is 6. The lowest BCUT2D eigenvalue weighted by atomic mass is 9.96. The molecule has 1 aliphatic rings. The lowest BCUT2D eigenvalue weighted by Gasteiger charge is -2.33. The number of carbonyl (C=O) groups is 2. The molecule has 0 unspecified atom stereocenters. The van der Waals surface area contributed by atoms with Crippen LogP contribution in [0.5, 0.6) is 11.5 Å². The number of methoxy groups -OCH3 is 2. The summed E-state index contributed by atoms with van der Waals surface area (Å²) in [6.45, 7) is -0.0965. The molecular weight excluding hydrogens is 453 g/mol. The van der Waals surface area contributed by atoms with Crippen molar-refractivity contribution in [3.8, 4) is 11.5 Å². The van der Waals surface area contributed by atoms with Crippen LogP contribution in [0, 0.1) is 11.7 Å². The van der Waals surface area contributed by atoms with Gasteiger partial charge in [0.15, 0.2) is 11.5 Å². The number of hydrogen-bond donors (Lipinski definition) is 1. The number of carbonyl (C=O) groups excluding carboxylic acids is 2. The topological polar surface area (TPSA) is 119 Å². The fraction of sp³-hybridized carbons (Fsp3) is 0.364. The predicted octanol–water partition coefficient (Wildman–Crippen LogP) is 1.76. The largest absolute Gasteiger partial charge is 0.493 e. The van der Waals surface area contributed by atoms with Crippen molar-refractivity contribution in [2.75, 3.05) is 38.2 Å². The SMILES string of the molecule is COc1ccc(S(=O)(=O)N(CC(=O)N2CCC(C(N)=O)CC2)c2ccccc2F)cc1OC. The van der Waals surface area contributed by atoms with E-state index in [-0.39, 0.29) is 35.3 Å². The molecule has 33 heavy (non-hydrogen) atoms. The van der Waals surface area contributed by atoms with Gasteiger partial charge in [-0.2, -0.15) is 0 Å². The number of primary amides is 1. The quantitative estimate of drug-likeness (QED) is 0.616. The Bertz CT molecular complexity index is 1130. The zero-order chi connectivity index (χ0) is 24.2. The van der Waals surface area contributed by atoms with E-state index < -0.39 is 34.2 Å². The smallest absolute Gasteiger partial charge is 0.265 e. The summed E-state index contributed by atoms with van der Waals surface area (Å²) in [5.74, 6) is -1.56. The predicted molar refractivity (Wildman–Crippen MR) is 119 cm³/mol. The number of likely N-dealkylation sites (tertiary alicyclic amines) is 1. The number of rotatable bonds is 8. The lowest BCUT2D eigenvalue weighted by molar-refractivity contribution is -0.133. The molecule has 2 N–H and O–H groups in total. The highest BCUT2D eigenvalue weighted by atomic mass is 32.2. The summed E-state index contributed by atoms with van der Waals surface area (Å²) in [6.07, 6.45) is 0.784. The average molecular weight is 480 g/mol. The van der Waals surface area contributed by atoms with Gasteiger partial charge < -0.3 is 20.1 Å². The second-order valence-electron chi connectivity index (χ2n) is 7.54. The second-order valence-corrected chi connectivity index (χ2v) is 9.40. The van der Waals surface area contributed by atoms with Gasteiger partial charge in [-0.15, -0.1) is 0 Å². The first kappa shape index (κ1) is 24.3. The zero-order valence-corrected chi connectivity index (χ0v) is 19.2.